The van der Waals surface area contributed by atoms with Crippen LogP contribution in [0.25, 0.3) is 0 Å². The molecule has 0 spiro atoms. The average Bonchev–Trinajstić information content (AvgIpc) is 1.91. The second-order valence-corrected chi connectivity index (χ2v) is 4.04. The van der Waals surface area contributed by atoms with Crippen LogP contribution in [0, 0.1) is 0 Å². The van der Waals surface area contributed by atoms with Crippen molar-refractivity contribution in [2.24, 2.45) is 0 Å². The fraction of sp³-hybridized carbons (Fsp3) is 1.00. The highest BCUT2D eigenvalue weighted by atomic mass is 79.9. The molecule has 0 saturated carbocycles. The summed E-state index contributed by atoms with van der Waals surface area (Å²) in [7, 11) is 0. The highest BCUT2D eigenvalue weighted by Gasteiger charge is 2.20. The average molecular weight is 265 g/mol. The maximum atomic E-state index is 3.49. The standard InChI is InChI=1S/C4H7Br2N.ClH/c5-3-1-7-2-4(3)6;/h3-4,7H,1-2H2;1H. The van der Waals surface area contributed by atoms with Gasteiger partial charge in [-0.1, -0.05) is 31.9 Å². The molecule has 1 aliphatic rings. The number of alkyl halides is 2. The van der Waals surface area contributed by atoms with Gasteiger partial charge in [0.1, 0.15) is 0 Å². The quantitative estimate of drug-likeness (QED) is 0.655. The normalized spacial score (nSPS) is 36.8. The molecule has 0 aliphatic carbocycles. The molecule has 0 amide bonds. The van der Waals surface area contributed by atoms with Crippen LogP contribution in [-0.2, 0) is 0 Å². The summed E-state index contributed by atoms with van der Waals surface area (Å²) in [5.74, 6) is 0. The van der Waals surface area contributed by atoms with Crippen LogP contribution in [0.3, 0.4) is 0 Å². The van der Waals surface area contributed by atoms with E-state index < -0.39 is 0 Å². The number of nitrogens with one attached hydrogen (secondary N) is 1. The zero-order valence-corrected chi connectivity index (χ0v) is 8.22. The van der Waals surface area contributed by atoms with Crippen LogP contribution in [0.4, 0.5) is 0 Å². The number of halogens is 3. The van der Waals surface area contributed by atoms with Crippen LogP contribution in [0.2, 0.25) is 0 Å². The van der Waals surface area contributed by atoms with Crippen LogP contribution in [0.1, 0.15) is 0 Å². The number of hydrogen-bond donors (Lipinski definition) is 1. The summed E-state index contributed by atoms with van der Waals surface area (Å²) in [6.07, 6.45) is 0. The minimum atomic E-state index is 0. The van der Waals surface area contributed by atoms with Crippen molar-refractivity contribution in [3.05, 3.63) is 0 Å². The monoisotopic (exact) mass is 263 g/mol. The first-order valence-corrected chi connectivity index (χ1v) is 4.12. The molecule has 0 aromatic carbocycles. The predicted molar refractivity (Wildman–Crippen MR) is 45.5 cm³/mol. The zero-order chi connectivity index (χ0) is 5.28. The molecule has 1 aliphatic heterocycles. The maximum absolute atomic E-state index is 3.49. The van der Waals surface area contributed by atoms with E-state index in [1.807, 2.05) is 0 Å². The van der Waals surface area contributed by atoms with E-state index in [1.54, 1.807) is 0 Å². The summed E-state index contributed by atoms with van der Waals surface area (Å²) < 4.78 is 0. The van der Waals surface area contributed by atoms with Gasteiger partial charge in [0.2, 0.25) is 0 Å². The zero-order valence-electron chi connectivity index (χ0n) is 4.23. The summed E-state index contributed by atoms with van der Waals surface area (Å²) in [4.78, 5) is 1.26. The van der Waals surface area contributed by atoms with Gasteiger partial charge in [0, 0.05) is 22.7 Å². The molecule has 2 unspecified atom stereocenters. The Morgan fingerprint density at radius 3 is 1.62 bits per heavy atom. The Hall–Kier alpha value is 1.21. The first-order valence-electron chi connectivity index (χ1n) is 2.29. The van der Waals surface area contributed by atoms with Crippen molar-refractivity contribution in [1.82, 2.24) is 5.32 Å². The Morgan fingerprint density at radius 1 is 1.12 bits per heavy atom. The van der Waals surface area contributed by atoms with E-state index >= 15 is 0 Å². The van der Waals surface area contributed by atoms with Crippen LogP contribution in [0.5, 0.6) is 0 Å². The van der Waals surface area contributed by atoms with Gasteiger partial charge in [-0.15, -0.1) is 12.4 Å². The van der Waals surface area contributed by atoms with E-state index in [0.29, 0.717) is 9.65 Å². The summed E-state index contributed by atoms with van der Waals surface area (Å²) in [6, 6.07) is 0. The van der Waals surface area contributed by atoms with Crippen molar-refractivity contribution in [3.63, 3.8) is 0 Å². The van der Waals surface area contributed by atoms with E-state index in [-0.39, 0.29) is 12.4 Å². The van der Waals surface area contributed by atoms with E-state index in [0.717, 1.165) is 13.1 Å². The second kappa shape index (κ2) is 4.09. The third-order valence-electron chi connectivity index (χ3n) is 1.07. The number of rotatable bonds is 0. The minimum Gasteiger partial charge on any atom is -0.314 e. The van der Waals surface area contributed by atoms with E-state index in [2.05, 4.69) is 37.2 Å². The maximum Gasteiger partial charge on any atom is 0.0408 e. The SMILES string of the molecule is BrC1CNCC1Br.Cl. The molecule has 1 heterocycles. The molecule has 1 saturated heterocycles. The molecule has 0 bridgehead atoms. The highest BCUT2D eigenvalue weighted by Crippen LogP contribution is 2.16. The lowest BCUT2D eigenvalue weighted by molar-refractivity contribution is 0.863. The summed E-state index contributed by atoms with van der Waals surface area (Å²) in [5, 5.41) is 3.23. The van der Waals surface area contributed by atoms with Crippen molar-refractivity contribution in [2.75, 3.05) is 13.1 Å². The van der Waals surface area contributed by atoms with Gasteiger partial charge in [-0.05, 0) is 0 Å². The van der Waals surface area contributed by atoms with Gasteiger partial charge >= 0.3 is 0 Å². The molecular formula is C4H8Br2ClN. The fourth-order valence-electron chi connectivity index (χ4n) is 0.615. The third-order valence-corrected chi connectivity index (χ3v) is 3.70. The van der Waals surface area contributed by atoms with Crippen LogP contribution < -0.4 is 5.32 Å². The van der Waals surface area contributed by atoms with Gasteiger partial charge in [-0.25, -0.2) is 0 Å². The fourth-order valence-corrected chi connectivity index (χ4v) is 1.45. The molecule has 50 valence electrons. The van der Waals surface area contributed by atoms with Crippen molar-refractivity contribution in [2.45, 2.75) is 9.65 Å². The molecule has 0 aromatic heterocycles. The largest absolute Gasteiger partial charge is 0.314 e. The molecule has 0 radical (unpaired) electrons. The van der Waals surface area contributed by atoms with Gasteiger partial charge in [0.25, 0.3) is 0 Å². The third kappa shape index (κ3) is 2.21. The van der Waals surface area contributed by atoms with Gasteiger partial charge in [-0.2, -0.15) is 0 Å². The molecule has 1 rings (SSSR count). The molecule has 1 nitrogen and oxygen atoms in total. The van der Waals surface area contributed by atoms with Gasteiger partial charge in [0.15, 0.2) is 0 Å². The molecule has 1 fully saturated rings. The van der Waals surface area contributed by atoms with Crippen LogP contribution in [-0.4, -0.2) is 22.7 Å². The van der Waals surface area contributed by atoms with E-state index in [9.17, 15) is 0 Å². The summed E-state index contributed by atoms with van der Waals surface area (Å²) >= 11 is 6.99. The first kappa shape index (κ1) is 9.21. The van der Waals surface area contributed by atoms with E-state index in [4.69, 9.17) is 0 Å². The second-order valence-electron chi connectivity index (χ2n) is 1.69. The van der Waals surface area contributed by atoms with Gasteiger partial charge in [-0.3, -0.25) is 0 Å². The molecule has 4 heteroatoms. The van der Waals surface area contributed by atoms with Crippen molar-refractivity contribution in [3.8, 4) is 0 Å². The Labute approximate surface area is 72.3 Å². The summed E-state index contributed by atoms with van der Waals surface area (Å²) in [5.41, 5.74) is 0. The van der Waals surface area contributed by atoms with Crippen LogP contribution >= 0.6 is 44.3 Å². The minimum absolute atomic E-state index is 0. The molecule has 8 heavy (non-hydrogen) atoms. The highest BCUT2D eigenvalue weighted by molar-refractivity contribution is 9.12. The Kier molecular flexibility index (Phi) is 4.71. The molecular weight excluding hydrogens is 257 g/mol. The van der Waals surface area contributed by atoms with E-state index in [1.165, 1.54) is 0 Å². The smallest absolute Gasteiger partial charge is 0.0408 e. The molecule has 1 N–H and O–H groups in total. The van der Waals surface area contributed by atoms with Crippen molar-refractivity contribution >= 4 is 44.3 Å². The predicted octanol–water partition coefficient (Wildman–Crippen LogP) is 1.54. The van der Waals surface area contributed by atoms with Gasteiger partial charge < -0.3 is 5.32 Å². The molecule has 0 aromatic rings. The Balaban J connectivity index is 0.000000490. The Morgan fingerprint density at radius 2 is 1.50 bits per heavy atom. The topological polar surface area (TPSA) is 12.0 Å². The molecule has 2 atom stereocenters. The number of hydrogen-bond acceptors (Lipinski definition) is 1. The lowest BCUT2D eigenvalue weighted by Gasteiger charge is -1.99. The first-order chi connectivity index (χ1) is 3.30. The van der Waals surface area contributed by atoms with Gasteiger partial charge in [0.05, 0.1) is 0 Å². The van der Waals surface area contributed by atoms with Crippen molar-refractivity contribution in [1.29, 1.82) is 0 Å². The summed E-state index contributed by atoms with van der Waals surface area (Å²) in [6.45, 7) is 2.19. The van der Waals surface area contributed by atoms with Crippen LogP contribution in [0.15, 0.2) is 0 Å². The lowest BCUT2D eigenvalue weighted by Crippen LogP contribution is -2.08. The van der Waals surface area contributed by atoms with Crippen molar-refractivity contribution < 1.29 is 0 Å². The Bertz CT molecular complexity index is 63.1. The lowest BCUT2D eigenvalue weighted by atomic mass is 10.4.